The maximum atomic E-state index is 13.7. The Balaban J connectivity index is 1.92. The molecule has 0 fully saturated rings. The molecule has 3 aromatic carbocycles. The van der Waals surface area contributed by atoms with E-state index in [4.69, 9.17) is 16.3 Å². The van der Waals surface area contributed by atoms with Crippen LogP contribution in [0.1, 0.15) is 41.7 Å². The van der Waals surface area contributed by atoms with Gasteiger partial charge < -0.3 is 15.0 Å². The molecule has 2 amide bonds. The summed E-state index contributed by atoms with van der Waals surface area (Å²) in [5, 5.41) is 3.69. The molecule has 0 aliphatic rings. The van der Waals surface area contributed by atoms with Crippen molar-refractivity contribution >= 4 is 23.4 Å². The minimum atomic E-state index is -0.694. The summed E-state index contributed by atoms with van der Waals surface area (Å²) in [5.41, 5.74) is 4.79. The highest BCUT2D eigenvalue weighted by Crippen LogP contribution is 2.26. The third-order valence-corrected chi connectivity index (χ3v) is 6.51. The highest BCUT2D eigenvalue weighted by atomic mass is 35.5. The maximum absolute atomic E-state index is 13.7. The van der Waals surface area contributed by atoms with E-state index in [0.717, 1.165) is 27.8 Å². The lowest BCUT2D eigenvalue weighted by Crippen LogP contribution is -2.52. The number of ether oxygens (including phenoxy) is 1. The van der Waals surface area contributed by atoms with Crippen LogP contribution in [0.2, 0.25) is 5.02 Å². The minimum Gasteiger partial charge on any atom is -0.484 e. The third-order valence-electron chi connectivity index (χ3n) is 5.91. The van der Waals surface area contributed by atoms with Crippen molar-refractivity contribution in [1.29, 1.82) is 0 Å². The van der Waals surface area contributed by atoms with Crippen LogP contribution in [0.25, 0.3) is 0 Å². The fourth-order valence-electron chi connectivity index (χ4n) is 4.16. The minimum absolute atomic E-state index is 0.0528. The van der Waals surface area contributed by atoms with Gasteiger partial charge >= 0.3 is 0 Å². The molecule has 190 valence electrons. The van der Waals surface area contributed by atoms with E-state index in [9.17, 15) is 9.59 Å². The zero-order chi connectivity index (χ0) is 26.2. The van der Waals surface area contributed by atoms with Crippen LogP contribution in [0, 0.1) is 20.8 Å². The number of hydrogen-bond acceptors (Lipinski definition) is 3. The second-order valence-corrected chi connectivity index (χ2v) is 9.92. The van der Waals surface area contributed by atoms with E-state index < -0.39 is 6.04 Å². The first-order valence-electron chi connectivity index (χ1n) is 12.2. The molecule has 0 saturated carbocycles. The molecular weight excluding hydrogens is 472 g/mol. The SMILES string of the molecule is Cc1cccc(CN(C(=O)COc2cc(C)c(Cl)c(C)c2)[C@H](Cc2ccccc2)C(=O)NC(C)C)c1. The van der Waals surface area contributed by atoms with Crippen LogP contribution < -0.4 is 10.1 Å². The van der Waals surface area contributed by atoms with Crippen LogP contribution in [0.15, 0.2) is 66.7 Å². The van der Waals surface area contributed by atoms with Crippen LogP contribution >= 0.6 is 11.6 Å². The molecule has 1 atom stereocenters. The molecule has 3 aromatic rings. The molecular formula is C30H35ClN2O3. The smallest absolute Gasteiger partial charge is 0.261 e. The molecule has 5 nitrogen and oxygen atoms in total. The summed E-state index contributed by atoms with van der Waals surface area (Å²) >= 11 is 6.29. The van der Waals surface area contributed by atoms with Crippen LogP contribution in [-0.4, -0.2) is 35.4 Å². The number of nitrogens with zero attached hydrogens (tertiary/aromatic N) is 1. The van der Waals surface area contributed by atoms with Crippen molar-refractivity contribution in [1.82, 2.24) is 10.2 Å². The molecule has 0 saturated heterocycles. The van der Waals surface area contributed by atoms with E-state index in [1.54, 1.807) is 4.90 Å². The van der Waals surface area contributed by atoms with Crippen molar-refractivity contribution in [2.75, 3.05) is 6.61 Å². The van der Waals surface area contributed by atoms with Crippen LogP contribution in [0.5, 0.6) is 5.75 Å². The summed E-state index contributed by atoms with van der Waals surface area (Å²) in [6, 6.07) is 20.6. The average Bonchev–Trinajstić information content (AvgIpc) is 2.83. The molecule has 0 spiro atoms. The Bertz CT molecular complexity index is 1170. The molecule has 0 aliphatic heterocycles. The zero-order valence-electron chi connectivity index (χ0n) is 21.7. The fraction of sp³-hybridized carbons (Fsp3) is 0.333. The summed E-state index contributed by atoms with van der Waals surface area (Å²) in [6.07, 6.45) is 0.399. The lowest BCUT2D eigenvalue weighted by atomic mass is 10.0. The fourth-order valence-corrected chi connectivity index (χ4v) is 4.27. The Morgan fingerprint density at radius 2 is 1.56 bits per heavy atom. The van der Waals surface area contributed by atoms with Gasteiger partial charge in [-0.25, -0.2) is 0 Å². The van der Waals surface area contributed by atoms with Gasteiger partial charge in [0.25, 0.3) is 5.91 Å². The van der Waals surface area contributed by atoms with Crippen molar-refractivity contribution < 1.29 is 14.3 Å². The molecule has 0 radical (unpaired) electrons. The van der Waals surface area contributed by atoms with E-state index in [-0.39, 0.29) is 24.5 Å². The molecule has 36 heavy (non-hydrogen) atoms. The van der Waals surface area contributed by atoms with E-state index in [0.29, 0.717) is 23.7 Å². The Morgan fingerprint density at radius 1 is 0.917 bits per heavy atom. The van der Waals surface area contributed by atoms with E-state index >= 15 is 0 Å². The van der Waals surface area contributed by atoms with Gasteiger partial charge in [0, 0.05) is 24.0 Å². The number of amides is 2. The molecule has 0 heterocycles. The molecule has 0 bridgehead atoms. The van der Waals surface area contributed by atoms with Crippen LogP contribution in [0.4, 0.5) is 0 Å². The normalized spacial score (nSPS) is 11.8. The molecule has 0 unspecified atom stereocenters. The quantitative estimate of drug-likeness (QED) is 0.377. The molecule has 0 aliphatic carbocycles. The summed E-state index contributed by atoms with van der Waals surface area (Å²) in [7, 11) is 0. The van der Waals surface area contributed by atoms with Gasteiger partial charge in [0.05, 0.1) is 0 Å². The first-order valence-corrected chi connectivity index (χ1v) is 12.6. The number of nitrogens with one attached hydrogen (secondary N) is 1. The lowest BCUT2D eigenvalue weighted by molar-refractivity contribution is -0.143. The number of rotatable bonds is 10. The topological polar surface area (TPSA) is 58.6 Å². The number of benzene rings is 3. The highest BCUT2D eigenvalue weighted by Gasteiger charge is 2.31. The number of halogens is 1. The number of aryl methyl sites for hydroxylation is 3. The first kappa shape index (κ1) is 27.3. The third kappa shape index (κ3) is 7.59. The lowest BCUT2D eigenvalue weighted by Gasteiger charge is -2.32. The van der Waals surface area contributed by atoms with E-state index in [2.05, 4.69) is 5.32 Å². The predicted molar refractivity (Wildman–Crippen MR) is 145 cm³/mol. The standard InChI is InChI=1S/C30H35ClN2O3/c1-20(2)32-30(35)27(17-24-11-7-6-8-12-24)33(18-25-13-9-10-21(3)14-25)28(34)19-36-26-15-22(4)29(31)23(5)16-26/h6-16,20,27H,17-19H2,1-5H3,(H,32,35)/t27-/m1/s1. The van der Waals surface area contributed by atoms with E-state index in [1.807, 2.05) is 101 Å². The molecule has 1 N–H and O–H groups in total. The molecule has 3 rings (SSSR count). The van der Waals surface area contributed by atoms with Crippen LogP contribution in [0.3, 0.4) is 0 Å². The second kappa shape index (κ2) is 12.6. The maximum Gasteiger partial charge on any atom is 0.261 e. The average molecular weight is 507 g/mol. The number of carbonyl (C=O) groups is 2. The largest absolute Gasteiger partial charge is 0.484 e. The van der Waals surface area contributed by atoms with Gasteiger partial charge in [-0.05, 0) is 69.0 Å². The van der Waals surface area contributed by atoms with Gasteiger partial charge in [-0.3, -0.25) is 9.59 Å². The van der Waals surface area contributed by atoms with Gasteiger partial charge in [-0.15, -0.1) is 0 Å². The van der Waals surface area contributed by atoms with E-state index in [1.165, 1.54) is 0 Å². The Hall–Kier alpha value is -3.31. The highest BCUT2D eigenvalue weighted by molar-refractivity contribution is 6.32. The summed E-state index contributed by atoms with van der Waals surface area (Å²) in [5.74, 6) is 0.124. The van der Waals surface area contributed by atoms with Gasteiger partial charge in [0.15, 0.2) is 6.61 Å². The molecule has 6 heteroatoms. The van der Waals surface area contributed by atoms with Crippen LogP contribution in [-0.2, 0) is 22.6 Å². The van der Waals surface area contributed by atoms with Crippen molar-refractivity contribution in [3.8, 4) is 5.75 Å². The summed E-state index contributed by atoms with van der Waals surface area (Å²) in [4.78, 5) is 28.7. The van der Waals surface area contributed by atoms with Gasteiger partial charge in [-0.1, -0.05) is 71.8 Å². The van der Waals surface area contributed by atoms with Crippen molar-refractivity contribution in [3.05, 3.63) is 99.6 Å². The molecule has 0 aromatic heterocycles. The number of carbonyl (C=O) groups excluding carboxylic acids is 2. The van der Waals surface area contributed by atoms with Gasteiger partial charge in [-0.2, -0.15) is 0 Å². The second-order valence-electron chi connectivity index (χ2n) is 9.54. The monoisotopic (exact) mass is 506 g/mol. The Morgan fingerprint density at radius 3 is 2.17 bits per heavy atom. The summed E-state index contributed by atoms with van der Waals surface area (Å²) in [6.45, 7) is 9.76. The van der Waals surface area contributed by atoms with Crippen molar-refractivity contribution in [2.24, 2.45) is 0 Å². The Labute approximate surface area is 219 Å². The van der Waals surface area contributed by atoms with Crippen molar-refractivity contribution in [3.63, 3.8) is 0 Å². The first-order chi connectivity index (χ1) is 17.1. The van der Waals surface area contributed by atoms with Gasteiger partial charge in [0.1, 0.15) is 11.8 Å². The Kier molecular flexibility index (Phi) is 9.54. The van der Waals surface area contributed by atoms with Crippen molar-refractivity contribution in [2.45, 2.75) is 59.7 Å². The predicted octanol–water partition coefficient (Wildman–Crippen LogP) is 5.81. The zero-order valence-corrected chi connectivity index (χ0v) is 22.4. The number of hydrogen-bond donors (Lipinski definition) is 1. The summed E-state index contributed by atoms with van der Waals surface area (Å²) < 4.78 is 5.91. The van der Waals surface area contributed by atoms with Gasteiger partial charge in [0.2, 0.25) is 5.91 Å².